The van der Waals surface area contributed by atoms with Crippen LogP contribution in [-0.4, -0.2) is 24.4 Å². The monoisotopic (exact) mass is 285 g/mol. The molecule has 0 radical (unpaired) electrons. The first-order chi connectivity index (χ1) is 10.2. The average Bonchev–Trinajstić information content (AvgIpc) is 2.49. The highest BCUT2D eigenvalue weighted by Crippen LogP contribution is 2.23. The quantitative estimate of drug-likeness (QED) is 0.765. The van der Waals surface area contributed by atoms with E-state index in [1.807, 2.05) is 44.2 Å². The Balaban J connectivity index is 2.09. The van der Waals surface area contributed by atoms with Crippen molar-refractivity contribution in [2.75, 3.05) is 13.2 Å². The van der Waals surface area contributed by atoms with Gasteiger partial charge in [-0.05, 0) is 37.1 Å². The Hall–Kier alpha value is -1.84. The first kappa shape index (κ1) is 15.5. The van der Waals surface area contributed by atoms with E-state index in [-0.39, 0.29) is 17.9 Å². The van der Waals surface area contributed by atoms with Crippen LogP contribution in [0.2, 0.25) is 0 Å². The predicted octanol–water partition coefficient (Wildman–Crippen LogP) is 3.50. The second kappa shape index (κ2) is 7.81. The zero-order valence-corrected chi connectivity index (χ0v) is 12.6. The molecule has 0 saturated heterocycles. The van der Waals surface area contributed by atoms with E-state index >= 15 is 0 Å². The van der Waals surface area contributed by atoms with Crippen LogP contribution in [0.15, 0.2) is 54.6 Å². The standard InChI is InChI=1S/C18H23NO2/c1-14(2)21-13-12-19-18(15-6-4-3-5-7-15)16-8-10-17(20)11-9-16/h3-11,14,18-20H,12-13H2,1-2H3. The molecule has 2 rings (SSSR count). The summed E-state index contributed by atoms with van der Waals surface area (Å²) in [6, 6.07) is 17.7. The smallest absolute Gasteiger partial charge is 0.115 e. The zero-order valence-electron chi connectivity index (χ0n) is 12.6. The van der Waals surface area contributed by atoms with Gasteiger partial charge in [-0.1, -0.05) is 42.5 Å². The fraction of sp³-hybridized carbons (Fsp3) is 0.333. The molecule has 2 aromatic carbocycles. The molecule has 0 fully saturated rings. The summed E-state index contributed by atoms with van der Waals surface area (Å²) in [6.45, 7) is 5.53. The van der Waals surface area contributed by atoms with E-state index < -0.39 is 0 Å². The van der Waals surface area contributed by atoms with Gasteiger partial charge in [-0.25, -0.2) is 0 Å². The summed E-state index contributed by atoms with van der Waals surface area (Å²) >= 11 is 0. The molecular formula is C18H23NO2. The Morgan fingerprint density at radius 3 is 2.19 bits per heavy atom. The minimum absolute atomic E-state index is 0.0996. The lowest BCUT2D eigenvalue weighted by Gasteiger charge is -2.20. The molecular weight excluding hydrogens is 262 g/mol. The van der Waals surface area contributed by atoms with Crippen molar-refractivity contribution in [1.82, 2.24) is 5.32 Å². The molecule has 112 valence electrons. The van der Waals surface area contributed by atoms with E-state index in [9.17, 15) is 5.11 Å². The van der Waals surface area contributed by atoms with Gasteiger partial charge in [-0.2, -0.15) is 0 Å². The lowest BCUT2D eigenvalue weighted by Crippen LogP contribution is -2.27. The molecule has 0 aliphatic rings. The van der Waals surface area contributed by atoms with Crippen LogP contribution >= 0.6 is 0 Å². The fourth-order valence-electron chi connectivity index (χ4n) is 2.24. The SMILES string of the molecule is CC(C)OCCNC(c1ccccc1)c1ccc(O)cc1. The van der Waals surface area contributed by atoms with Crippen LogP contribution in [0.25, 0.3) is 0 Å². The number of benzene rings is 2. The number of aromatic hydroxyl groups is 1. The molecule has 0 saturated carbocycles. The third kappa shape index (κ3) is 4.88. The lowest BCUT2D eigenvalue weighted by molar-refractivity contribution is 0.0799. The van der Waals surface area contributed by atoms with Crippen LogP contribution in [0.5, 0.6) is 5.75 Å². The largest absolute Gasteiger partial charge is 0.508 e. The third-order valence-corrected chi connectivity index (χ3v) is 3.26. The van der Waals surface area contributed by atoms with E-state index in [2.05, 4.69) is 17.4 Å². The van der Waals surface area contributed by atoms with Gasteiger partial charge in [0.15, 0.2) is 0 Å². The minimum Gasteiger partial charge on any atom is -0.508 e. The molecule has 2 N–H and O–H groups in total. The fourth-order valence-corrected chi connectivity index (χ4v) is 2.24. The number of rotatable bonds is 7. The summed E-state index contributed by atoms with van der Waals surface area (Å²) in [5, 5.41) is 13.0. The summed E-state index contributed by atoms with van der Waals surface area (Å²) in [4.78, 5) is 0. The van der Waals surface area contributed by atoms with Gasteiger partial charge in [0, 0.05) is 6.54 Å². The lowest BCUT2D eigenvalue weighted by atomic mass is 9.98. The molecule has 1 unspecified atom stereocenters. The molecule has 3 nitrogen and oxygen atoms in total. The molecule has 0 aliphatic carbocycles. The van der Waals surface area contributed by atoms with Crippen LogP contribution in [0, 0.1) is 0 Å². The van der Waals surface area contributed by atoms with Crippen molar-refractivity contribution in [3.8, 4) is 5.75 Å². The Bertz CT molecular complexity index is 523. The summed E-state index contributed by atoms with van der Waals surface area (Å²) in [7, 11) is 0. The van der Waals surface area contributed by atoms with Crippen molar-refractivity contribution in [2.45, 2.75) is 26.0 Å². The highest BCUT2D eigenvalue weighted by molar-refractivity contribution is 5.34. The molecule has 0 amide bonds. The molecule has 1 atom stereocenters. The van der Waals surface area contributed by atoms with Crippen molar-refractivity contribution in [2.24, 2.45) is 0 Å². The number of hydrogen-bond acceptors (Lipinski definition) is 3. The van der Waals surface area contributed by atoms with Gasteiger partial charge in [-0.15, -0.1) is 0 Å². The number of ether oxygens (including phenoxy) is 1. The van der Waals surface area contributed by atoms with E-state index in [0.717, 1.165) is 12.1 Å². The van der Waals surface area contributed by atoms with Gasteiger partial charge in [-0.3, -0.25) is 0 Å². The van der Waals surface area contributed by atoms with Gasteiger partial charge >= 0.3 is 0 Å². The molecule has 0 heterocycles. The number of hydrogen-bond donors (Lipinski definition) is 2. The van der Waals surface area contributed by atoms with E-state index in [0.29, 0.717) is 6.61 Å². The minimum atomic E-state index is 0.0996. The number of phenols is 1. The summed E-state index contributed by atoms with van der Waals surface area (Å²) in [6.07, 6.45) is 0.246. The van der Waals surface area contributed by atoms with Gasteiger partial charge in [0.2, 0.25) is 0 Å². The van der Waals surface area contributed by atoms with E-state index in [4.69, 9.17) is 4.74 Å². The molecule has 21 heavy (non-hydrogen) atoms. The molecule has 0 spiro atoms. The first-order valence-corrected chi connectivity index (χ1v) is 7.35. The van der Waals surface area contributed by atoms with Gasteiger partial charge in [0.25, 0.3) is 0 Å². The van der Waals surface area contributed by atoms with Crippen LogP contribution in [0.4, 0.5) is 0 Å². The number of phenolic OH excluding ortho intramolecular Hbond substituents is 1. The second-order valence-electron chi connectivity index (χ2n) is 5.31. The van der Waals surface area contributed by atoms with E-state index in [1.165, 1.54) is 5.56 Å². The Kier molecular flexibility index (Phi) is 5.78. The zero-order chi connectivity index (χ0) is 15.1. The topological polar surface area (TPSA) is 41.5 Å². The van der Waals surface area contributed by atoms with Gasteiger partial charge < -0.3 is 15.2 Å². The van der Waals surface area contributed by atoms with Crippen molar-refractivity contribution >= 4 is 0 Å². The maximum Gasteiger partial charge on any atom is 0.115 e. The first-order valence-electron chi connectivity index (χ1n) is 7.35. The third-order valence-electron chi connectivity index (χ3n) is 3.26. The normalized spacial score (nSPS) is 12.5. The van der Waals surface area contributed by atoms with Crippen molar-refractivity contribution in [3.63, 3.8) is 0 Å². The molecule has 2 aromatic rings. The van der Waals surface area contributed by atoms with Crippen LogP contribution in [-0.2, 0) is 4.74 Å². The van der Waals surface area contributed by atoms with Gasteiger partial charge in [0.05, 0.1) is 18.8 Å². The Morgan fingerprint density at radius 1 is 0.952 bits per heavy atom. The summed E-state index contributed by atoms with van der Waals surface area (Å²) < 4.78 is 5.58. The van der Waals surface area contributed by atoms with Gasteiger partial charge in [0.1, 0.15) is 5.75 Å². The van der Waals surface area contributed by atoms with Crippen LogP contribution in [0.3, 0.4) is 0 Å². The van der Waals surface area contributed by atoms with Crippen molar-refractivity contribution in [3.05, 3.63) is 65.7 Å². The average molecular weight is 285 g/mol. The maximum atomic E-state index is 9.44. The molecule has 0 aromatic heterocycles. The maximum absolute atomic E-state index is 9.44. The molecule has 3 heteroatoms. The van der Waals surface area contributed by atoms with Crippen molar-refractivity contribution < 1.29 is 9.84 Å². The Labute approximate surface area is 126 Å². The predicted molar refractivity (Wildman–Crippen MR) is 85.5 cm³/mol. The summed E-state index contributed by atoms with van der Waals surface area (Å²) in [5.74, 6) is 0.286. The van der Waals surface area contributed by atoms with Crippen molar-refractivity contribution in [1.29, 1.82) is 0 Å². The van der Waals surface area contributed by atoms with E-state index in [1.54, 1.807) is 12.1 Å². The molecule has 0 aliphatic heterocycles. The highest BCUT2D eigenvalue weighted by Gasteiger charge is 2.13. The second-order valence-corrected chi connectivity index (χ2v) is 5.31. The number of nitrogens with one attached hydrogen (secondary N) is 1. The van der Waals surface area contributed by atoms with Crippen LogP contribution < -0.4 is 5.32 Å². The van der Waals surface area contributed by atoms with Crippen LogP contribution in [0.1, 0.15) is 31.0 Å². The summed E-state index contributed by atoms with van der Waals surface area (Å²) in [5.41, 5.74) is 2.33. The Morgan fingerprint density at radius 2 is 1.57 bits per heavy atom. The highest BCUT2D eigenvalue weighted by atomic mass is 16.5. The molecule has 0 bridgehead atoms.